The lowest BCUT2D eigenvalue weighted by Gasteiger charge is -2.12. The number of benzene rings is 2. The van der Waals surface area contributed by atoms with Crippen LogP contribution in [0.25, 0.3) is 0 Å². The molecule has 1 aliphatic carbocycles. The molecule has 0 amide bonds. The maximum Gasteiger partial charge on any atom is 0.0271 e. The van der Waals surface area contributed by atoms with Crippen molar-refractivity contribution in [3.63, 3.8) is 0 Å². The molecule has 2 aromatic rings. The van der Waals surface area contributed by atoms with Crippen molar-refractivity contribution < 1.29 is 0 Å². The Hall–Kier alpha value is -1.60. The fraction of sp³-hybridized carbons (Fsp3) is 0.294. The fourth-order valence-electron chi connectivity index (χ4n) is 2.74. The van der Waals surface area contributed by atoms with Crippen molar-refractivity contribution in [2.45, 2.75) is 31.2 Å². The van der Waals surface area contributed by atoms with E-state index in [0.717, 1.165) is 12.8 Å². The van der Waals surface area contributed by atoms with Crippen molar-refractivity contribution in [1.29, 1.82) is 0 Å². The third kappa shape index (κ3) is 2.19. The van der Waals surface area contributed by atoms with Crippen LogP contribution in [0.2, 0.25) is 0 Å². The van der Waals surface area contributed by atoms with Gasteiger partial charge < -0.3 is 5.73 Å². The number of hydrogen-bond acceptors (Lipinski definition) is 1. The molecular weight excluding hydrogens is 218 g/mol. The topological polar surface area (TPSA) is 26.0 Å². The van der Waals surface area contributed by atoms with Crippen molar-refractivity contribution in [2.75, 3.05) is 0 Å². The highest BCUT2D eigenvalue weighted by Crippen LogP contribution is 2.51. The molecule has 18 heavy (non-hydrogen) atoms. The van der Waals surface area contributed by atoms with Crippen molar-refractivity contribution in [1.82, 2.24) is 0 Å². The zero-order valence-electron chi connectivity index (χ0n) is 10.8. The average molecular weight is 237 g/mol. The predicted molar refractivity (Wildman–Crippen MR) is 75.6 cm³/mol. The zero-order chi connectivity index (χ0) is 12.6. The molecule has 0 heterocycles. The smallest absolute Gasteiger partial charge is 0.0271 e. The molecule has 0 radical (unpaired) electrons. The molecule has 2 N–H and O–H groups in total. The first-order chi connectivity index (χ1) is 8.67. The Labute approximate surface area is 109 Å². The number of aryl methyl sites for hydroxylation is 1. The highest BCUT2D eigenvalue weighted by Gasteiger charge is 2.51. The quantitative estimate of drug-likeness (QED) is 0.869. The number of rotatable bonds is 3. The van der Waals surface area contributed by atoms with Crippen LogP contribution in [-0.2, 0) is 6.42 Å². The van der Waals surface area contributed by atoms with Gasteiger partial charge in [0.05, 0.1) is 0 Å². The minimum Gasteiger partial charge on any atom is -0.324 e. The summed E-state index contributed by atoms with van der Waals surface area (Å²) < 4.78 is 0. The summed E-state index contributed by atoms with van der Waals surface area (Å²) in [6, 6.07) is 19.4. The SMILES string of the molecule is Cc1ccc(CC2(N)CC2c2ccccc2)cc1. The zero-order valence-corrected chi connectivity index (χ0v) is 10.8. The van der Waals surface area contributed by atoms with Crippen molar-refractivity contribution in [3.05, 3.63) is 71.3 Å². The predicted octanol–water partition coefficient (Wildman–Crippen LogP) is 3.42. The van der Waals surface area contributed by atoms with Gasteiger partial charge in [-0.15, -0.1) is 0 Å². The molecule has 0 spiro atoms. The highest BCUT2D eigenvalue weighted by molar-refractivity contribution is 5.36. The highest BCUT2D eigenvalue weighted by atomic mass is 14.9. The van der Waals surface area contributed by atoms with E-state index in [4.69, 9.17) is 5.73 Å². The number of nitrogens with two attached hydrogens (primary N) is 1. The van der Waals surface area contributed by atoms with E-state index in [9.17, 15) is 0 Å². The lowest BCUT2D eigenvalue weighted by molar-refractivity contribution is 0.646. The molecule has 3 rings (SSSR count). The second-order valence-corrected chi connectivity index (χ2v) is 5.56. The molecular formula is C17H19N. The second-order valence-electron chi connectivity index (χ2n) is 5.56. The van der Waals surface area contributed by atoms with Crippen LogP contribution in [-0.4, -0.2) is 5.54 Å². The Bertz CT molecular complexity index is 529. The van der Waals surface area contributed by atoms with Crippen molar-refractivity contribution in [3.8, 4) is 0 Å². The summed E-state index contributed by atoms with van der Waals surface area (Å²) in [5.41, 5.74) is 10.5. The Morgan fingerprint density at radius 3 is 2.39 bits per heavy atom. The van der Waals surface area contributed by atoms with Gasteiger partial charge in [-0.3, -0.25) is 0 Å². The third-order valence-corrected chi connectivity index (χ3v) is 3.97. The Balaban J connectivity index is 1.73. The van der Waals surface area contributed by atoms with E-state index in [2.05, 4.69) is 61.5 Å². The maximum absolute atomic E-state index is 6.49. The first kappa shape index (κ1) is 11.5. The molecule has 2 unspecified atom stereocenters. The molecule has 1 heteroatoms. The van der Waals surface area contributed by atoms with E-state index >= 15 is 0 Å². The van der Waals surface area contributed by atoms with Crippen molar-refractivity contribution in [2.24, 2.45) is 5.73 Å². The molecule has 1 nitrogen and oxygen atoms in total. The molecule has 0 bridgehead atoms. The standard InChI is InChI=1S/C17H19N/c1-13-7-9-14(10-8-13)11-17(18)12-16(17)15-5-3-2-4-6-15/h2-10,16H,11-12,18H2,1H3. The van der Waals surface area contributed by atoms with E-state index < -0.39 is 0 Å². The Morgan fingerprint density at radius 2 is 1.72 bits per heavy atom. The van der Waals surface area contributed by atoms with Crippen LogP contribution in [0.1, 0.15) is 29.0 Å². The van der Waals surface area contributed by atoms with Gasteiger partial charge in [-0.2, -0.15) is 0 Å². The summed E-state index contributed by atoms with van der Waals surface area (Å²) in [4.78, 5) is 0. The summed E-state index contributed by atoms with van der Waals surface area (Å²) in [7, 11) is 0. The summed E-state index contributed by atoms with van der Waals surface area (Å²) in [6.07, 6.45) is 2.08. The maximum atomic E-state index is 6.49. The van der Waals surface area contributed by atoms with E-state index in [1.54, 1.807) is 0 Å². The van der Waals surface area contributed by atoms with Crippen LogP contribution in [0.15, 0.2) is 54.6 Å². The van der Waals surface area contributed by atoms with Gasteiger partial charge in [0, 0.05) is 11.5 Å². The summed E-state index contributed by atoms with van der Waals surface area (Å²) in [5, 5.41) is 0. The minimum atomic E-state index is -0.0311. The van der Waals surface area contributed by atoms with Gasteiger partial charge in [-0.05, 0) is 30.9 Å². The number of hydrogen-bond donors (Lipinski definition) is 1. The molecule has 1 saturated carbocycles. The van der Waals surface area contributed by atoms with Crippen LogP contribution in [0.3, 0.4) is 0 Å². The minimum absolute atomic E-state index is 0.0311. The second kappa shape index (κ2) is 4.25. The van der Waals surface area contributed by atoms with Gasteiger partial charge in [0.25, 0.3) is 0 Å². The molecule has 1 aliphatic rings. The summed E-state index contributed by atoms with van der Waals surface area (Å²) >= 11 is 0. The molecule has 92 valence electrons. The van der Waals surface area contributed by atoms with Gasteiger partial charge in [0.2, 0.25) is 0 Å². The lowest BCUT2D eigenvalue weighted by atomic mass is 9.99. The van der Waals surface area contributed by atoms with Crippen molar-refractivity contribution >= 4 is 0 Å². The molecule has 2 aromatic carbocycles. The first-order valence-electron chi connectivity index (χ1n) is 6.57. The molecule has 0 aliphatic heterocycles. The molecule has 2 atom stereocenters. The van der Waals surface area contributed by atoms with Gasteiger partial charge in [-0.1, -0.05) is 60.2 Å². The third-order valence-electron chi connectivity index (χ3n) is 3.97. The molecule has 0 saturated heterocycles. The van der Waals surface area contributed by atoms with Crippen LogP contribution < -0.4 is 5.73 Å². The summed E-state index contributed by atoms with van der Waals surface area (Å²) in [5.74, 6) is 0.528. The first-order valence-corrected chi connectivity index (χ1v) is 6.57. The van der Waals surface area contributed by atoms with Gasteiger partial charge in [0.15, 0.2) is 0 Å². The van der Waals surface area contributed by atoms with E-state index in [-0.39, 0.29) is 5.54 Å². The van der Waals surface area contributed by atoms with Crippen LogP contribution in [0, 0.1) is 6.92 Å². The van der Waals surface area contributed by atoms with E-state index in [1.165, 1.54) is 16.7 Å². The van der Waals surface area contributed by atoms with E-state index in [1.807, 2.05) is 0 Å². The average Bonchev–Trinajstić information content (AvgIpc) is 3.05. The lowest BCUT2D eigenvalue weighted by Crippen LogP contribution is -2.27. The van der Waals surface area contributed by atoms with Gasteiger partial charge >= 0.3 is 0 Å². The Kier molecular flexibility index (Phi) is 2.71. The monoisotopic (exact) mass is 237 g/mol. The largest absolute Gasteiger partial charge is 0.324 e. The van der Waals surface area contributed by atoms with Gasteiger partial charge in [-0.25, -0.2) is 0 Å². The van der Waals surface area contributed by atoms with Crippen LogP contribution in [0.4, 0.5) is 0 Å². The molecule has 0 aromatic heterocycles. The van der Waals surface area contributed by atoms with Gasteiger partial charge in [0.1, 0.15) is 0 Å². The van der Waals surface area contributed by atoms with Crippen LogP contribution >= 0.6 is 0 Å². The van der Waals surface area contributed by atoms with E-state index in [0.29, 0.717) is 5.92 Å². The van der Waals surface area contributed by atoms with Crippen LogP contribution in [0.5, 0.6) is 0 Å². The fourth-order valence-corrected chi connectivity index (χ4v) is 2.74. The Morgan fingerprint density at radius 1 is 1.06 bits per heavy atom. The molecule has 1 fully saturated rings. The normalized spacial score (nSPS) is 26.0. The summed E-state index contributed by atoms with van der Waals surface area (Å²) in [6.45, 7) is 2.12.